The van der Waals surface area contributed by atoms with Crippen LogP contribution in [0.2, 0.25) is 0 Å². The Bertz CT molecular complexity index is 4240. The molecule has 12 aromatic carbocycles. The first-order valence-electron chi connectivity index (χ1n) is 22.1. The third-order valence-electron chi connectivity index (χ3n) is 13.4. The monoisotopic (exact) mass is 841 g/mol. The molecule has 14 aromatic rings. The van der Waals surface area contributed by atoms with E-state index in [1.807, 2.05) is 18.2 Å². The number of thiophene rings is 1. The summed E-state index contributed by atoms with van der Waals surface area (Å²) < 4.78 is 2.46. The lowest BCUT2D eigenvalue weighted by atomic mass is 9.85. The van der Waals surface area contributed by atoms with E-state index in [0.29, 0.717) is 17.5 Å². The third-order valence-corrected chi connectivity index (χ3v) is 14.5. The van der Waals surface area contributed by atoms with Crippen LogP contribution in [-0.2, 0) is 0 Å². The molecule has 0 aliphatic carbocycles. The fourth-order valence-electron chi connectivity index (χ4n) is 10.6. The van der Waals surface area contributed by atoms with Gasteiger partial charge in [0.1, 0.15) is 0 Å². The summed E-state index contributed by atoms with van der Waals surface area (Å²) >= 11 is 1.80. The van der Waals surface area contributed by atoms with E-state index in [1.54, 1.807) is 11.3 Å². The largest absolute Gasteiger partial charge is 0.208 e. The minimum absolute atomic E-state index is 0.636. The predicted octanol–water partition coefficient (Wildman–Crippen LogP) is 16.9. The molecular formula is C61H35N3S. The summed E-state index contributed by atoms with van der Waals surface area (Å²) in [7, 11) is 0. The smallest absolute Gasteiger partial charge is 0.164 e. The van der Waals surface area contributed by atoms with Crippen LogP contribution in [0.25, 0.3) is 141 Å². The van der Waals surface area contributed by atoms with Gasteiger partial charge in [-0.3, -0.25) is 0 Å². The molecule has 2 aromatic heterocycles. The van der Waals surface area contributed by atoms with Gasteiger partial charge < -0.3 is 0 Å². The van der Waals surface area contributed by atoms with Crippen molar-refractivity contribution in [1.29, 1.82) is 0 Å². The summed E-state index contributed by atoms with van der Waals surface area (Å²) in [6, 6.07) is 77.2. The van der Waals surface area contributed by atoms with Crippen molar-refractivity contribution in [1.82, 2.24) is 15.0 Å². The van der Waals surface area contributed by atoms with E-state index in [-0.39, 0.29) is 0 Å². The molecule has 0 N–H and O–H groups in total. The van der Waals surface area contributed by atoms with Crippen LogP contribution in [0.1, 0.15) is 0 Å². The van der Waals surface area contributed by atoms with Gasteiger partial charge in [-0.25, -0.2) is 15.0 Å². The molecule has 3 nitrogen and oxygen atoms in total. The van der Waals surface area contributed by atoms with Crippen molar-refractivity contribution in [3.05, 3.63) is 212 Å². The van der Waals surface area contributed by atoms with E-state index in [0.717, 1.165) is 27.8 Å². The molecule has 0 amide bonds. The quantitative estimate of drug-likeness (QED) is 0.162. The molecule has 0 saturated carbocycles. The zero-order chi connectivity index (χ0) is 42.6. The Balaban J connectivity index is 0.986. The number of rotatable bonds is 5. The van der Waals surface area contributed by atoms with Crippen molar-refractivity contribution in [2.24, 2.45) is 0 Å². The molecule has 0 fully saturated rings. The SMILES string of the molecule is c1ccc(-c2nc(-c3cccc(-c4ccccc4-c4cc5ccc6cccc7c8cccc9ccc%10cccc(c(c4)c5c67)c%10c98)c3)nc(-c3cccc4sc5ccccc5c34)n2)cc1. The van der Waals surface area contributed by atoms with Crippen LogP contribution in [0.15, 0.2) is 212 Å². The van der Waals surface area contributed by atoms with Crippen molar-refractivity contribution in [3.8, 4) is 56.4 Å². The summed E-state index contributed by atoms with van der Waals surface area (Å²) in [6.07, 6.45) is 0. The number of hydrogen-bond acceptors (Lipinski definition) is 4. The Morgan fingerprint density at radius 3 is 1.45 bits per heavy atom. The number of nitrogens with zero attached hydrogens (tertiary/aromatic N) is 3. The van der Waals surface area contributed by atoms with E-state index in [9.17, 15) is 0 Å². The van der Waals surface area contributed by atoms with E-state index >= 15 is 0 Å². The van der Waals surface area contributed by atoms with Crippen LogP contribution in [0.5, 0.6) is 0 Å². The van der Waals surface area contributed by atoms with Crippen LogP contribution >= 0.6 is 11.3 Å². The average Bonchev–Trinajstić information content (AvgIpc) is 3.76. The molecule has 65 heavy (non-hydrogen) atoms. The van der Waals surface area contributed by atoms with Gasteiger partial charge in [0.2, 0.25) is 0 Å². The number of hydrogen-bond donors (Lipinski definition) is 0. The normalized spacial score (nSPS) is 12.0. The lowest BCUT2D eigenvalue weighted by molar-refractivity contribution is 1.08. The van der Waals surface area contributed by atoms with Crippen molar-refractivity contribution >= 4 is 96.1 Å². The highest BCUT2D eigenvalue weighted by Crippen LogP contribution is 2.46. The molecule has 0 radical (unpaired) electrons. The first-order chi connectivity index (χ1) is 32.2. The van der Waals surface area contributed by atoms with Gasteiger partial charge in [-0.1, -0.05) is 182 Å². The predicted molar refractivity (Wildman–Crippen MR) is 276 cm³/mol. The Morgan fingerprint density at radius 2 is 0.723 bits per heavy atom. The van der Waals surface area contributed by atoms with E-state index in [1.165, 1.54) is 95.9 Å². The third kappa shape index (κ3) is 5.58. The zero-order valence-corrected chi connectivity index (χ0v) is 35.8. The molecule has 0 aliphatic heterocycles. The lowest BCUT2D eigenvalue weighted by Gasteiger charge is -2.18. The molecule has 0 unspecified atom stereocenters. The number of benzene rings is 11. The molecule has 2 heterocycles. The second-order valence-electron chi connectivity index (χ2n) is 17.0. The number of fused-ring (bicyclic) bond motifs is 5. The topological polar surface area (TPSA) is 38.7 Å². The van der Waals surface area contributed by atoms with Crippen molar-refractivity contribution in [2.75, 3.05) is 0 Å². The van der Waals surface area contributed by atoms with Gasteiger partial charge in [0.25, 0.3) is 0 Å². The number of aromatic nitrogens is 3. The van der Waals surface area contributed by atoms with Crippen LogP contribution < -0.4 is 0 Å². The molecule has 0 saturated heterocycles. The van der Waals surface area contributed by atoms with Gasteiger partial charge in [0, 0.05) is 36.9 Å². The molecule has 0 spiro atoms. The average molecular weight is 842 g/mol. The van der Waals surface area contributed by atoms with Gasteiger partial charge in [0.15, 0.2) is 17.5 Å². The summed E-state index contributed by atoms with van der Waals surface area (Å²) in [5, 5.41) is 17.7. The fraction of sp³-hybridized carbons (Fsp3) is 0. The maximum atomic E-state index is 5.29. The summed E-state index contributed by atoms with van der Waals surface area (Å²) in [4.78, 5) is 15.6. The summed E-state index contributed by atoms with van der Waals surface area (Å²) in [5.74, 6) is 1.95. The van der Waals surface area contributed by atoms with Crippen molar-refractivity contribution in [2.45, 2.75) is 0 Å². The Labute approximate surface area is 377 Å². The molecular weight excluding hydrogens is 807 g/mol. The summed E-state index contributed by atoms with van der Waals surface area (Å²) in [6.45, 7) is 0. The Kier molecular flexibility index (Phi) is 7.85. The highest BCUT2D eigenvalue weighted by Gasteiger charge is 2.20. The first kappa shape index (κ1) is 36.2. The summed E-state index contributed by atoms with van der Waals surface area (Å²) in [5.41, 5.74) is 7.46. The van der Waals surface area contributed by atoms with E-state index in [2.05, 4.69) is 194 Å². The van der Waals surface area contributed by atoms with Gasteiger partial charge in [0.05, 0.1) is 0 Å². The standard InChI is InChI=1S/C61H35N3S/c1-2-13-39(14-3-1)59-62-60(64-61(63-59)50-26-12-28-53-58(50)49-22-6-7-27-52(49)65-53)42-19-8-18-40(33-42)44-20-4-5-21-45(44)43-34-41-32-31-38-16-10-24-47-46-23-9-15-36-29-30-37-17-11-25-48(56(37)54(36)46)51(35-43)57(41)55(38)47/h1-35H. The van der Waals surface area contributed by atoms with Gasteiger partial charge in [-0.05, 0) is 117 Å². The van der Waals surface area contributed by atoms with Crippen LogP contribution in [0.3, 0.4) is 0 Å². The molecule has 0 aliphatic rings. The highest BCUT2D eigenvalue weighted by molar-refractivity contribution is 7.25. The highest BCUT2D eigenvalue weighted by atomic mass is 32.1. The van der Waals surface area contributed by atoms with Crippen LogP contribution in [0, 0.1) is 0 Å². The Morgan fingerprint density at radius 1 is 0.246 bits per heavy atom. The minimum atomic E-state index is 0.636. The Hall–Kier alpha value is -8.31. The van der Waals surface area contributed by atoms with E-state index in [4.69, 9.17) is 15.0 Å². The molecule has 300 valence electrons. The fourth-order valence-corrected chi connectivity index (χ4v) is 11.7. The lowest BCUT2D eigenvalue weighted by Crippen LogP contribution is -2.00. The molecule has 4 heteroatoms. The van der Waals surface area contributed by atoms with Crippen molar-refractivity contribution in [3.63, 3.8) is 0 Å². The van der Waals surface area contributed by atoms with Crippen LogP contribution in [0.4, 0.5) is 0 Å². The second kappa shape index (κ2) is 14.1. The molecule has 0 bridgehead atoms. The van der Waals surface area contributed by atoms with Crippen molar-refractivity contribution < 1.29 is 0 Å². The maximum absolute atomic E-state index is 5.29. The van der Waals surface area contributed by atoms with E-state index < -0.39 is 0 Å². The molecule has 14 rings (SSSR count). The zero-order valence-electron chi connectivity index (χ0n) is 35.0. The minimum Gasteiger partial charge on any atom is -0.208 e. The van der Waals surface area contributed by atoms with Crippen LogP contribution in [-0.4, -0.2) is 15.0 Å². The maximum Gasteiger partial charge on any atom is 0.164 e. The first-order valence-corrected chi connectivity index (χ1v) is 22.9. The van der Waals surface area contributed by atoms with Gasteiger partial charge in [-0.2, -0.15) is 0 Å². The van der Waals surface area contributed by atoms with Gasteiger partial charge in [-0.15, -0.1) is 11.3 Å². The molecule has 0 atom stereocenters. The second-order valence-corrected chi connectivity index (χ2v) is 18.1. The van der Waals surface area contributed by atoms with Gasteiger partial charge >= 0.3 is 0 Å².